The van der Waals surface area contributed by atoms with Crippen molar-refractivity contribution in [1.29, 1.82) is 0 Å². The first-order chi connectivity index (χ1) is 12.7. The molecule has 7 heteroatoms. The van der Waals surface area contributed by atoms with Crippen LogP contribution in [0.3, 0.4) is 0 Å². The highest BCUT2D eigenvalue weighted by Crippen LogP contribution is 2.34. The first kappa shape index (κ1) is 17.7. The molecule has 0 amide bonds. The van der Waals surface area contributed by atoms with E-state index in [1.54, 1.807) is 0 Å². The summed E-state index contributed by atoms with van der Waals surface area (Å²) in [6, 6.07) is 0.338. The minimum atomic E-state index is -0.131. The minimum Gasteiger partial charge on any atom is -0.371 e. The molecule has 4 rings (SSSR count). The Hall–Kier alpha value is -1.73. The summed E-state index contributed by atoms with van der Waals surface area (Å²) < 4.78 is 13.4. The fraction of sp³-hybridized carbons (Fsp3) is 0.737. The normalized spacial score (nSPS) is 21.9. The first-order valence-electron chi connectivity index (χ1n) is 9.89. The fourth-order valence-corrected chi connectivity index (χ4v) is 4.31. The average molecular weight is 359 g/mol. The molecule has 2 aromatic heterocycles. The summed E-state index contributed by atoms with van der Waals surface area (Å²) in [5, 5.41) is 4.09. The molecule has 1 saturated heterocycles. The van der Waals surface area contributed by atoms with E-state index in [4.69, 9.17) is 14.2 Å². The van der Waals surface area contributed by atoms with E-state index in [0.29, 0.717) is 30.9 Å². The molecule has 7 nitrogen and oxygen atoms in total. The van der Waals surface area contributed by atoms with E-state index in [1.807, 2.05) is 13.8 Å². The van der Waals surface area contributed by atoms with E-state index >= 15 is 0 Å². The van der Waals surface area contributed by atoms with Gasteiger partial charge in [0.05, 0.1) is 18.3 Å². The van der Waals surface area contributed by atoms with Gasteiger partial charge in [-0.1, -0.05) is 5.16 Å². The molecule has 1 aliphatic heterocycles. The molecule has 0 spiro atoms. The van der Waals surface area contributed by atoms with Crippen LogP contribution in [0.25, 0.3) is 0 Å². The summed E-state index contributed by atoms with van der Waals surface area (Å²) in [5.74, 6) is 2.50. The zero-order valence-corrected chi connectivity index (χ0v) is 16.1. The first-order valence-corrected chi connectivity index (χ1v) is 9.89. The van der Waals surface area contributed by atoms with Gasteiger partial charge in [0, 0.05) is 19.3 Å². The van der Waals surface area contributed by atoms with Crippen LogP contribution in [0, 0.1) is 0 Å². The third-order valence-electron chi connectivity index (χ3n) is 5.67. The molecule has 142 valence electrons. The Labute approximate surface area is 154 Å². The maximum atomic E-state index is 5.55. The maximum absolute atomic E-state index is 5.55. The summed E-state index contributed by atoms with van der Waals surface area (Å²) in [6.45, 7) is 6.28. The highest BCUT2D eigenvalue weighted by atomic mass is 16.5. The van der Waals surface area contributed by atoms with E-state index in [1.165, 1.54) is 36.5 Å². The number of imidazole rings is 1. The van der Waals surface area contributed by atoms with Crippen molar-refractivity contribution in [2.45, 2.75) is 71.1 Å². The molecule has 1 aliphatic carbocycles. The van der Waals surface area contributed by atoms with Crippen LogP contribution in [0.2, 0.25) is 0 Å². The molecule has 0 bridgehead atoms. The average Bonchev–Trinajstić information content (AvgIpc) is 3.36. The Balaban J connectivity index is 1.50. The second kappa shape index (κ2) is 7.48. The van der Waals surface area contributed by atoms with Gasteiger partial charge >= 0.3 is 0 Å². The van der Waals surface area contributed by atoms with Crippen LogP contribution in [0.4, 0.5) is 0 Å². The summed E-state index contributed by atoms with van der Waals surface area (Å²) >= 11 is 0. The molecule has 0 unspecified atom stereocenters. The summed E-state index contributed by atoms with van der Waals surface area (Å²) in [4.78, 5) is 12.0. The second-order valence-electron chi connectivity index (χ2n) is 7.40. The molecular weight excluding hydrogens is 330 g/mol. The lowest BCUT2D eigenvalue weighted by molar-refractivity contribution is 0.0683. The number of ether oxygens (including phenoxy) is 1. The number of hydrogen-bond acceptors (Lipinski definition) is 6. The molecule has 0 N–H and O–H groups in total. The van der Waals surface area contributed by atoms with Crippen molar-refractivity contribution in [2.24, 2.45) is 7.05 Å². The van der Waals surface area contributed by atoms with E-state index in [9.17, 15) is 0 Å². The third-order valence-corrected chi connectivity index (χ3v) is 5.67. The van der Waals surface area contributed by atoms with Gasteiger partial charge in [0.15, 0.2) is 5.82 Å². The third kappa shape index (κ3) is 3.30. The summed E-state index contributed by atoms with van der Waals surface area (Å²) in [6.07, 6.45) is 7.02. The molecule has 2 aliphatic rings. The van der Waals surface area contributed by atoms with Gasteiger partial charge in [-0.05, 0) is 58.9 Å². The van der Waals surface area contributed by atoms with Crippen molar-refractivity contribution < 1.29 is 9.26 Å². The van der Waals surface area contributed by atoms with Gasteiger partial charge in [-0.3, -0.25) is 4.90 Å². The monoisotopic (exact) mass is 359 g/mol. The van der Waals surface area contributed by atoms with Crippen LogP contribution in [-0.4, -0.2) is 37.7 Å². The Bertz CT molecular complexity index is 753. The van der Waals surface area contributed by atoms with Crippen LogP contribution in [-0.2, 0) is 31.2 Å². The summed E-state index contributed by atoms with van der Waals surface area (Å²) in [7, 11) is 2.18. The van der Waals surface area contributed by atoms with Crippen LogP contribution in [0.15, 0.2) is 4.52 Å². The van der Waals surface area contributed by atoms with Crippen molar-refractivity contribution in [3.8, 4) is 0 Å². The van der Waals surface area contributed by atoms with Gasteiger partial charge in [-0.25, -0.2) is 4.98 Å². The van der Waals surface area contributed by atoms with Gasteiger partial charge in [0.1, 0.15) is 11.9 Å². The number of aromatic nitrogens is 4. The van der Waals surface area contributed by atoms with Crippen LogP contribution in [0.1, 0.15) is 80.6 Å². The number of likely N-dealkylation sites (tertiary alicyclic amines) is 1. The van der Waals surface area contributed by atoms with Gasteiger partial charge in [0.25, 0.3) is 0 Å². The van der Waals surface area contributed by atoms with Crippen molar-refractivity contribution in [3.05, 3.63) is 28.9 Å². The number of fused-ring (bicyclic) bond motifs is 1. The molecule has 2 atom stereocenters. The maximum Gasteiger partial charge on any atom is 0.240 e. The fourth-order valence-electron chi connectivity index (χ4n) is 4.31. The minimum absolute atomic E-state index is 0.131. The molecule has 2 aromatic rings. The zero-order valence-electron chi connectivity index (χ0n) is 16.1. The lowest BCUT2D eigenvalue weighted by Crippen LogP contribution is -2.25. The number of nitrogens with zero attached hydrogens (tertiary/aromatic N) is 5. The standard InChI is InChI=1S/C19H29N5O2/c1-4-25-13(2)18-21-17(26-22-18)12-24-11-7-10-16(24)19-20-14-8-5-6-9-15(14)23(19)3/h13,16H,4-12H2,1-3H3/t13-,16-/m1/s1. The van der Waals surface area contributed by atoms with Gasteiger partial charge in [-0.2, -0.15) is 4.98 Å². The van der Waals surface area contributed by atoms with E-state index in [0.717, 1.165) is 25.8 Å². The molecule has 0 radical (unpaired) electrons. The van der Waals surface area contributed by atoms with E-state index in [2.05, 4.69) is 26.7 Å². The number of rotatable bonds is 6. The van der Waals surface area contributed by atoms with E-state index in [-0.39, 0.29) is 6.10 Å². The Morgan fingerprint density at radius 3 is 2.88 bits per heavy atom. The van der Waals surface area contributed by atoms with Crippen LogP contribution >= 0.6 is 0 Å². The molecule has 26 heavy (non-hydrogen) atoms. The second-order valence-corrected chi connectivity index (χ2v) is 7.40. The predicted molar refractivity (Wildman–Crippen MR) is 96.6 cm³/mol. The van der Waals surface area contributed by atoms with Crippen molar-refractivity contribution in [2.75, 3.05) is 13.2 Å². The Morgan fingerprint density at radius 1 is 1.23 bits per heavy atom. The lowest BCUT2D eigenvalue weighted by Gasteiger charge is -2.22. The highest BCUT2D eigenvalue weighted by Gasteiger charge is 2.32. The molecular formula is C19H29N5O2. The topological polar surface area (TPSA) is 69.2 Å². The smallest absolute Gasteiger partial charge is 0.240 e. The van der Waals surface area contributed by atoms with Crippen molar-refractivity contribution in [1.82, 2.24) is 24.6 Å². The SMILES string of the molecule is CCO[C@H](C)c1noc(CN2CCC[C@@H]2c2nc3c(n2C)CCCC3)n1. The van der Waals surface area contributed by atoms with Crippen LogP contribution in [0.5, 0.6) is 0 Å². The van der Waals surface area contributed by atoms with Gasteiger partial charge in [0.2, 0.25) is 5.89 Å². The largest absolute Gasteiger partial charge is 0.371 e. The molecule has 1 fully saturated rings. The number of aryl methyl sites for hydroxylation is 1. The zero-order chi connectivity index (χ0) is 18.1. The Morgan fingerprint density at radius 2 is 2.08 bits per heavy atom. The number of hydrogen-bond donors (Lipinski definition) is 0. The van der Waals surface area contributed by atoms with E-state index < -0.39 is 0 Å². The quantitative estimate of drug-likeness (QED) is 0.789. The van der Waals surface area contributed by atoms with Crippen molar-refractivity contribution in [3.63, 3.8) is 0 Å². The van der Waals surface area contributed by atoms with Crippen molar-refractivity contribution >= 4 is 0 Å². The van der Waals surface area contributed by atoms with Gasteiger partial charge in [-0.15, -0.1) is 0 Å². The molecule has 0 aromatic carbocycles. The molecule has 3 heterocycles. The Kier molecular flexibility index (Phi) is 5.09. The summed E-state index contributed by atoms with van der Waals surface area (Å²) in [5.41, 5.74) is 2.75. The molecule has 0 saturated carbocycles. The van der Waals surface area contributed by atoms with Gasteiger partial charge < -0.3 is 13.8 Å². The highest BCUT2D eigenvalue weighted by molar-refractivity contribution is 5.22. The predicted octanol–water partition coefficient (Wildman–Crippen LogP) is 3.12. The van der Waals surface area contributed by atoms with Crippen LogP contribution < -0.4 is 0 Å². The lowest BCUT2D eigenvalue weighted by atomic mass is 10.0.